The van der Waals surface area contributed by atoms with Gasteiger partial charge >= 0.3 is 0 Å². The number of nitrogens with one attached hydrogen (secondary N) is 2. The van der Waals surface area contributed by atoms with E-state index in [4.69, 9.17) is 0 Å². The first-order chi connectivity index (χ1) is 11.0. The molecule has 0 aliphatic heterocycles. The molecule has 0 unspecified atom stereocenters. The van der Waals surface area contributed by atoms with Gasteiger partial charge in [-0.25, -0.2) is 5.43 Å². The first-order valence-corrected chi connectivity index (χ1v) is 7.68. The molecule has 0 radical (unpaired) electrons. The van der Waals surface area contributed by atoms with Crippen molar-refractivity contribution in [2.45, 2.75) is 0 Å². The van der Waals surface area contributed by atoms with Gasteiger partial charge in [0.15, 0.2) is 0 Å². The summed E-state index contributed by atoms with van der Waals surface area (Å²) in [6.45, 7) is 0.0763. The lowest BCUT2D eigenvalue weighted by molar-refractivity contribution is -0.384. The van der Waals surface area contributed by atoms with Crippen LogP contribution in [0.15, 0.2) is 53.6 Å². The van der Waals surface area contributed by atoms with Crippen LogP contribution in [0, 0.1) is 13.7 Å². The molecule has 0 spiro atoms. The highest BCUT2D eigenvalue weighted by Gasteiger charge is 2.04. The minimum atomic E-state index is -0.485. The van der Waals surface area contributed by atoms with E-state index in [9.17, 15) is 14.9 Å². The Morgan fingerprint density at radius 1 is 1.26 bits per heavy atom. The molecule has 0 bridgehead atoms. The molecule has 8 heteroatoms. The largest absolute Gasteiger partial charge is 0.376 e. The summed E-state index contributed by atoms with van der Waals surface area (Å²) in [6.07, 6.45) is 1.36. The highest BCUT2D eigenvalue weighted by atomic mass is 127. The molecule has 0 fully saturated rings. The number of amides is 1. The Hall–Kier alpha value is -2.49. The second-order valence-corrected chi connectivity index (χ2v) is 5.75. The van der Waals surface area contributed by atoms with Gasteiger partial charge in [-0.3, -0.25) is 14.9 Å². The predicted octanol–water partition coefficient (Wildman–Crippen LogP) is 2.76. The quantitative estimate of drug-likeness (QED) is 0.323. The third kappa shape index (κ3) is 5.66. The first kappa shape index (κ1) is 16.9. The molecule has 2 aromatic carbocycles. The highest BCUT2D eigenvalue weighted by Crippen LogP contribution is 2.11. The monoisotopic (exact) mass is 424 g/mol. The average Bonchev–Trinajstić information content (AvgIpc) is 2.54. The summed E-state index contributed by atoms with van der Waals surface area (Å²) < 4.78 is 1.11. The molecule has 2 N–H and O–H groups in total. The fourth-order valence-electron chi connectivity index (χ4n) is 1.69. The summed E-state index contributed by atoms with van der Waals surface area (Å²) in [5.74, 6) is -0.315. The van der Waals surface area contributed by atoms with Gasteiger partial charge < -0.3 is 5.32 Å². The summed E-state index contributed by atoms with van der Waals surface area (Å²) in [5, 5.41) is 17.4. The molecule has 7 nitrogen and oxygen atoms in total. The number of nitrogens with zero attached hydrogens (tertiary/aromatic N) is 2. The van der Waals surface area contributed by atoms with Gasteiger partial charge in [0.1, 0.15) is 0 Å². The Kier molecular flexibility index (Phi) is 6.03. The molecule has 2 rings (SSSR count). The van der Waals surface area contributed by atoms with Gasteiger partial charge in [0.2, 0.25) is 0 Å². The van der Waals surface area contributed by atoms with Gasteiger partial charge in [-0.15, -0.1) is 0 Å². The van der Waals surface area contributed by atoms with Gasteiger partial charge in [0.05, 0.1) is 17.7 Å². The summed E-state index contributed by atoms with van der Waals surface area (Å²) in [7, 11) is 0. The second kappa shape index (κ2) is 8.22. The molecule has 0 aromatic heterocycles. The van der Waals surface area contributed by atoms with Gasteiger partial charge in [-0.2, -0.15) is 5.10 Å². The van der Waals surface area contributed by atoms with Crippen LogP contribution in [0.25, 0.3) is 0 Å². The van der Waals surface area contributed by atoms with Crippen molar-refractivity contribution in [1.82, 2.24) is 5.43 Å². The molecule has 0 heterocycles. The van der Waals surface area contributed by atoms with Crippen molar-refractivity contribution >= 4 is 46.1 Å². The van der Waals surface area contributed by atoms with Gasteiger partial charge in [-0.1, -0.05) is 12.1 Å². The zero-order valence-corrected chi connectivity index (χ0v) is 14.1. The number of hydrogen-bond acceptors (Lipinski definition) is 5. The Labute approximate surface area is 146 Å². The van der Waals surface area contributed by atoms with Crippen LogP contribution in [0.1, 0.15) is 5.56 Å². The van der Waals surface area contributed by atoms with E-state index >= 15 is 0 Å². The van der Waals surface area contributed by atoms with E-state index in [0.717, 1.165) is 9.26 Å². The Morgan fingerprint density at radius 3 is 2.70 bits per heavy atom. The minimum absolute atomic E-state index is 0.0272. The number of benzene rings is 2. The van der Waals surface area contributed by atoms with Crippen molar-refractivity contribution in [1.29, 1.82) is 0 Å². The van der Waals surface area contributed by atoms with Crippen LogP contribution < -0.4 is 10.7 Å². The molecule has 2 aromatic rings. The van der Waals surface area contributed by atoms with Crippen LogP contribution in [0.3, 0.4) is 0 Å². The Bertz CT molecular complexity index is 732. The van der Waals surface area contributed by atoms with E-state index in [1.54, 1.807) is 12.1 Å². The van der Waals surface area contributed by atoms with E-state index in [-0.39, 0.29) is 18.1 Å². The van der Waals surface area contributed by atoms with Crippen molar-refractivity contribution in [3.63, 3.8) is 0 Å². The molecule has 0 atom stereocenters. The molecule has 1 amide bonds. The molecule has 118 valence electrons. The van der Waals surface area contributed by atoms with Gasteiger partial charge in [0.25, 0.3) is 11.6 Å². The highest BCUT2D eigenvalue weighted by molar-refractivity contribution is 14.1. The summed E-state index contributed by atoms with van der Waals surface area (Å²) >= 11 is 2.20. The number of nitro groups is 1. The number of anilines is 1. The smallest absolute Gasteiger partial charge is 0.270 e. The maximum atomic E-state index is 11.7. The van der Waals surface area contributed by atoms with Crippen molar-refractivity contribution in [2.75, 3.05) is 11.9 Å². The molecule has 0 aliphatic carbocycles. The Balaban J connectivity index is 1.83. The number of halogens is 1. The van der Waals surface area contributed by atoms with E-state index < -0.39 is 4.92 Å². The normalized spacial score (nSPS) is 10.5. The average molecular weight is 424 g/mol. The van der Waals surface area contributed by atoms with E-state index in [2.05, 4.69) is 38.4 Å². The number of carbonyl (C=O) groups is 1. The van der Waals surface area contributed by atoms with Crippen molar-refractivity contribution in [2.24, 2.45) is 5.10 Å². The zero-order valence-electron chi connectivity index (χ0n) is 11.9. The van der Waals surface area contributed by atoms with Crippen LogP contribution >= 0.6 is 22.6 Å². The molecule has 0 saturated carbocycles. The van der Waals surface area contributed by atoms with Crippen LogP contribution in [-0.2, 0) is 4.79 Å². The van der Waals surface area contributed by atoms with E-state index in [0.29, 0.717) is 5.56 Å². The number of non-ortho nitro benzene ring substituents is 1. The van der Waals surface area contributed by atoms with E-state index in [1.165, 1.54) is 18.3 Å². The third-order valence-electron chi connectivity index (χ3n) is 2.78. The number of rotatable bonds is 6. The van der Waals surface area contributed by atoms with Gasteiger partial charge in [0, 0.05) is 27.0 Å². The van der Waals surface area contributed by atoms with Crippen LogP contribution in [-0.4, -0.2) is 23.6 Å². The van der Waals surface area contributed by atoms with Crippen LogP contribution in [0.4, 0.5) is 11.4 Å². The molecule has 23 heavy (non-hydrogen) atoms. The number of hydrazone groups is 1. The lowest BCUT2D eigenvalue weighted by Crippen LogP contribution is -2.25. The number of carbonyl (C=O) groups excluding carboxylic acids is 1. The molecule has 0 saturated heterocycles. The van der Waals surface area contributed by atoms with Crippen molar-refractivity contribution < 1.29 is 9.72 Å². The summed E-state index contributed by atoms with van der Waals surface area (Å²) in [4.78, 5) is 21.8. The standard InChI is InChI=1S/C15H13IN4O3/c16-12-4-6-13(7-5-12)17-10-15(21)19-18-9-11-2-1-3-14(8-11)20(22)23/h1-9,17H,10H2,(H,19,21)/b18-9+. The molecule has 0 aliphatic rings. The first-order valence-electron chi connectivity index (χ1n) is 6.60. The topological polar surface area (TPSA) is 96.6 Å². The number of nitro benzene ring substituents is 1. The lowest BCUT2D eigenvalue weighted by Gasteiger charge is -2.05. The van der Waals surface area contributed by atoms with E-state index in [1.807, 2.05) is 24.3 Å². The SMILES string of the molecule is O=C(CNc1ccc(I)cc1)N/N=C/c1cccc([N+](=O)[O-])c1. The van der Waals surface area contributed by atoms with Crippen molar-refractivity contribution in [3.8, 4) is 0 Å². The maximum Gasteiger partial charge on any atom is 0.270 e. The number of hydrogen-bond donors (Lipinski definition) is 2. The Morgan fingerprint density at radius 2 is 2.00 bits per heavy atom. The van der Waals surface area contributed by atoms with Gasteiger partial charge in [-0.05, 0) is 46.9 Å². The van der Waals surface area contributed by atoms with Crippen LogP contribution in [0.5, 0.6) is 0 Å². The molecular weight excluding hydrogens is 411 g/mol. The second-order valence-electron chi connectivity index (χ2n) is 4.51. The lowest BCUT2D eigenvalue weighted by atomic mass is 10.2. The third-order valence-corrected chi connectivity index (χ3v) is 3.50. The van der Waals surface area contributed by atoms with Crippen LogP contribution in [0.2, 0.25) is 0 Å². The fraction of sp³-hybridized carbons (Fsp3) is 0.0667. The van der Waals surface area contributed by atoms with Crippen molar-refractivity contribution in [3.05, 3.63) is 67.8 Å². The summed E-state index contributed by atoms with van der Waals surface area (Å²) in [6, 6.07) is 13.6. The zero-order chi connectivity index (χ0) is 16.7. The fourth-order valence-corrected chi connectivity index (χ4v) is 2.05. The maximum absolute atomic E-state index is 11.7. The molecular formula is C15H13IN4O3. The minimum Gasteiger partial charge on any atom is -0.376 e. The predicted molar refractivity (Wildman–Crippen MR) is 96.5 cm³/mol. The summed E-state index contributed by atoms with van der Waals surface area (Å²) in [5.41, 5.74) is 3.70.